The van der Waals surface area contributed by atoms with Crippen molar-refractivity contribution in [2.24, 2.45) is 11.8 Å². The number of unbranched alkanes of at least 4 members (excludes halogenated alkanes) is 1. The van der Waals surface area contributed by atoms with Gasteiger partial charge in [0.25, 0.3) is 0 Å². The number of allylic oxidation sites excluding steroid dienone is 1. The van der Waals surface area contributed by atoms with Gasteiger partial charge in [0.05, 0.1) is 24.5 Å². The molecule has 39 heavy (non-hydrogen) atoms. The van der Waals surface area contributed by atoms with E-state index in [4.69, 9.17) is 9.47 Å². The monoisotopic (exact) mass is 611 g/mol. The molecule has 1 spiro atoms. The minimum absolute atomic E-state index is 0.0250. The van der Waals surface area contributed by atoms with Gasteiger partial charge < -0.3 is 29.7 Å². The molecule has 0 aromatic rings. The Hall–Kier alpha value is -2.24. The number of alkyl halides is 1. The molecule has 0 saturated carbocycles. The minimum Gasteiger partial charge on any atom is -0.460 e. The first-order valence-electron chi connectivity index (χ1n) is 13.8. The SMILES string of the molecule is C=CCCC(=O)NC[C@H](C)OC(=O)[C@@H]1[C@H]2O[C@@]3(CC2Br)[C@H](C(=O)N(CC=C)C(C)C)N(CCCCO)C(=O)[C@@H]13. The number of ether oxygens (including phenoxy) is 2. The van der Waals surface area contributed by atoms with Gasteiger partial charge in [-0.15, -0.1) is 13.2 Å². The van der Waals surface area contributed by atoms with Gasteiger partial charge in [-0.3, -0.25) is 19.2 Å². The fourth-order valence-corrected chi connectivity index (χ4v) is 7.00. The highest BCUT2D eigenvalue weighted by atomic mass is 79.9. The number of nitrogens with one attached hydrogen (secondary N) is 1. The summed E-state index contributed by atoms with van der Waals surface area (Å²) >= 11 is 3.65. The van der Waals surface area contributed by atoms with Crippen molar-refractivity contribution in [2.75, 3.05) is 26.2 Å². The second kappa shape index (κ2) is 13.4. The number of aliphatic hydroxyl groups is 1. The van der Waals surface area contributed by atoms with E-state index in [9.17, 15) is 24.3 Å². The predicted octanol–water partition coefficient (Wildman–Crippen LogP) is 1.94. The highest BCUT2D eigenvalue weighted by Gasteiger charge is 2.77. The highest BCUT2D eigenvalue weighted by Crippen LogP contribution is 2.60. The lowest BCUT2D eigenvalue weighted by atomic mass is 9.70. The fourth-order valence-electron chi connectivity index (χ4n) is 6.06. The zero-order chi connectivity index (χ0) is 28.9. The number of esters is 1. The topological polar surface area (TPSA) is 125 Å². The average Bonchev–Trinajstić information content (AvgIpc) is 3.47. The molecule has 3 heterocycles. The summed E-state index contributed by atoms with van der Waals surface area (Å²) in [4.78, 5) is 56.5. The Morgan fingerprint density at radius 3 is 2.62 bits per heavy atom. The smallest absolute Gasteiger partial charge is 0.312 e. The molecule has 3 fully saturated rings. The second-order valence-electron chi connectivity index (χ2n) is 10.9. The number of nitrogens with zero attached hydrogens (tertiary/aromatic N) is 2. The third kappa shape index (κ3) is 6.25. The van der Waals surface area contributed by atoms with E-state index >= 15 is 0 Å². The second-order valence-corrected chi connectivity index (χ2v) is 12.1. The molecule has 0 radical (unpaired) electrons. The van der Waals surface area contributed by atoms with Gasteiger partial charge in [0, 0.05) is 37.0 Å². The number of fused-ring (bicyclic) bond motifs is 1. The summed E-state index contributed by atoms with van der Waals surface area (Å²) in [6.07, 6.45) is 4.31. The molecule has 3 aliphatic rings. The van der Waals surface area contributed by atoms with E-state index < -0.39 is 41.7 Å². The Labute approximate surface area is 239 Å². The van der Waals surface area contributed by atoms with Crippen LogP contribution in [0.25, 0.3) is 0 Å². The predicted molar refractivity (Wildman–Crippen MR) is 149 cm³/mol. The first-order valence-corrected chi connectivity index (χ1v) is 14.7. The number of aliphatic hydroxyl groups excluding tert-OH is 1. The summed E-state index contributed by atoms with van der Waals surface area (Å²) in [5.74, 6) is -3.04. The first kappa shape index (κ1) is 31.3. The van der Waals surface area contributed by atoms with Crippen LogP contribution in [0.5, 0.6) is 0 Å². The normalized spacial score (nSPS) is 29.7. The zero-order valence-electron chi connectivity index (χ0n) is 23.1. The number of rotatable bonds is 15. The first-order chi connectivity index (χ1) is 18.5. The van der Waals surface area contributed by atoms with Gasteiger partial charge in [0.1, 0.15) is 17.7 Å². The molecule has 7 atom stereocenters. The van der Waals surface area contributed by atoms with Crippen LogP contribution < -0.4 is 5.32 Å². The Morgan fingerprint density at radius 1 is 1.28 bits per heavy atom. The van der Waals surface area contributed by atoms with Crippen LogP contribution in [0, 0.1) is 11.8 Å². The molecule has 0 aromatic carbocycles. The minimum atomic E-state index is -1.17. The average molecular weight is 613 g/mol. The maximum atomic E-state index is 14.1. The highest BCUT2D eigenvalue weighted by molar-refractivity contribution is 9.09. The van der Waals surface area contributed by atoms with Crippen molar-refractivity contribution in [2.45, 2.75) is 87.6 Å². The molecular formula is C28H42BrN3O7. The molecule has 3 rings (SSSR count). The van der Waals surface area contributed by atoms with Crippen LogP contribution in [-0.2, 0) is 28.7 Å². The van der Waals surface area contributed by atoms with Crippen molar-refractivity contribution in [3.05, 3.63) is 25.3 Å². The van der Waals surface area contributed by atoms with E-state index in [1.54, 1.807) is 28.9 Å². The number of hydrogen-bond acceptors (Lipinski definition) is 7. The number of carbonyl (C=O) groups is 4. The van der Waals surface area contributed by atoms with Crippen molar-refractivity contribution in [3.63, 3.8) is 0 Å². The molecule has 1 unspecified atom stereocenters. The van der Waals surface area contributed by atoms with Gasteiger partial charge in [0.15, 0.2) is 0 Å². The van der Waals surface area contributed by atoms with Crippen LogP contribution in [-0.4, -0.2) is 99.6 Å². The van der Waals surface area contributed by atoms with Gasteiger partial charge in [-0.1, -0.05) is 28.1 Å². The number of amides is 3. The molecule has 10 nitrogen and oxygen atoms in total. The summed E-state index contributed by atoms with van der Waals surface area (Å²) in [5, 5.41) is 12.1. The Kier molecular flexibility index (Phi) is 10.8. The maximum absolute atomic E-state index is 14.1. The quantitative estimate of drug-likeness (QED) is 0.125. The Balaban J connectivity index is 1.87. The molecule has 2 bridgehead atoms. The lowest BCUT2D eigenvalue weighted by Gasteiger charge is -2.38. The van der Waals surface area contributed by atoms with Crippen LogP contribution in [0.3, 0.4) is 0 Å². The van der Waals surface area contributed by atoms with Crippen LogP contribution in [0.1, 0.15) is 52.9 Å². The van der Waals surface area contributed by atoms with Crippen molar-refractivity contribution in [1.29, 1.82) is 0 Å². The van der Waals surface area contributed by atoms with Crippen LogP contribution in [0.4, 0.5) is 0 Å². The van der Waals surface area contributed by atoms with Crippen molar-refractivity contribution < 1.29 is 33.8 Å². The standard InChI is InChI=1S/C28H42BrN3O7/c1-6-8-11-20(34)30-16-18(5)38-27(37)21-22-25(35)32(13-9-10-14-33)24(26(36)31(12-7-2)17(3)4)28(22)15-19(29)23(21)39-28/h6-7,17-19,21-24,33H,1-2,8-16H2,3-5H3,(H,30,34)/t18-,19?,21-,22+,23-,24-,28+/m0/s1. The molecule has 3 aliphatic heterocycles. The van der Waals surface area contributed by atoms with E-state index in [2.05, 4.69) is 34.4 Å². The molecule has 0 aromatic heterocycles. The van der Waals surface area contributed by atoms with Crippen molar-refractivity contribution >= 4 is 39.6 Å². The molecular weight excluding hydrogens is 570 g/mol. The number of halogens is 1. The van der Waals surface area contributed by atoms with E-state index in [0.717, 1.165) is 0 Å². The fraction of sp³-hybridized carbons (Fsp3) is 0.714. The van der Waals surface area contributed by atoms with Gasteiger partial charge in [-0.2, -0.15) is 0 Å². The summed E-state index contributed by atoms with van der Waals surface area (Å²) in [6.45, 7) is 13.6. The summed E-state index contributed by atoms with van der Waals surface area (Å²) in [7, 11) is 0. The Bertz CT molecular complexity index is 959. The summed E-state index contributed by atoms with van der Waals surface area (Å²) in [6, 6.07) is -1.04. The van der Waals surface area contributed by atoms with E-state index in [0.29, 0.717) is 38.6 Å². The molecule has 3 saturated heterocycles. The third-order valence-corrected chi connectivity index (χ3v) is 8.66. The van der Waals surface area contributed by atoms with E-state index in [-0.39, 0.29) is 48.3 Å². The lowest BCUT2D eigenvalue weighted by Crippen LogP contribution is -2.58. The molecule has 2 N–H and O–H groups in total. The largest absolute Gasteiger partial charge is 0.460 e. The van der Waals surface area contributed by atoms with E-state index in [1.807, 2.05) is 13.8 Å². The van der Waals surface area contributed by atoms with Gasteiger partial charge in [-0.25, -0.2) is 0 Å². The number of likely N-dealkylation sites (tertiary alicyclic amines) is 1. The zero-order valence-corrected chi connectivity index (χ0v) is 24.7. The summed E-state index contributed by atoms with van der Waals surface area (Å²) in [5.41, 5.74) is -1.17. The van der Waals surface area contributed by atoms with Gasteiger partial charge in [0.2, 0.25) is 17.7 Å². The molecule has 11 heteroatoms. The number of hydrogen-bond donors (Lipinski definition) is 2. The van der Waals surface area contributed by atoms with Gasteiger partial charge in [-0.05, 0) is 46.5 Å². The van der Waals surface area contributed by atoms with Crippen molar-refractivity contribution in [3.8, 4) is 0 Å². The van der Waals surface area contributed by atoms with E-state index in [1.165, 1.54) is 0 Å². The number of carbonyl (C=O) groups excluding carboxylic acids is 4. The maximum Gasteiger partial charge on any atom is 0.312 e. The Morgan fingerprint density at radius 2 is 2.00 bits per heavy atom. The van der Waals surface area contributed by atoms with Crippen LogP contribution >= 0.6 is 15.9 Å². The lowest BCUT2D eigenvalue weighted by molar-refractivity contribution is -0.159. The van der Waals surface area contributed by atoms with Crippen LogP contribution in [0.15, 0.2) is 25.3 Å². The van der Waals surface area contributed by atoms with Crippen LogP contribution in [0.2, 0.25) is 0 Å². The molecule has 0 aliphatic carbocycles. The van der Waals surface area contributed by atoms with Crippen molar-refractivity contribution in [1.82, 2.24) is 15.1 Å². The van der Waals surface area contributed by atoms with Gasteiger partial charge >= 0.3 is 5.97 Å². The molecule has 218 valence electrons. The summed E-state index contributed by atoms with van der Waals surface area (Å²) < 4.78 is 12.2. The molecule has 3 amide bonds. The third-order valence-electron chi connectivity index (χ3n) is 7.81.